The van der Waals surface area contributed by atoms with Gasteiger partial charge in [-0.3, -0.25) is 9.36 Å². The highest BCUT2D eigenvalue weighted by Crippen LogP contribution is 2.30. The van der Waals surface area contributed by atoms with Gasteiger partial charge >= 0.3 is 0 Å². The third-order valence-electron chi connectivity index (χ3n) is 3.95. The van der Waals surface area contributed by atoms with Crippen LogP contribution in [-0.2, 0) is 12.8 Å². The number of nitrogens with zero attached hydrogens (tertiary/aromatic N) is 3. The minimum atomic E-state index is -0.243. The SMILES string of the molecule is COc1ccc(CSc2nnc(Nc3ccc(Br)cc3)c(=O)n2C)cc1OC. The zero-order valence-electron chi connectivity index (χ0n) is 15.6. The normalized spacial score (nSPS) is 10.6. The Kier molecular flexibility index (Phi) is 6.58. The van der Waals surface area contributed by atoms with Crippen LogP contribution in [0.4, 0.5) is 11.5 Å². The van der Waals surface area contributed by atoms with E-state index in [1.165, 1.54) is 16.3 Å². The van der Waals surface area contributed by atoms with Gasteiger partial charge in [-0.05, 0) is 42.0 Å². The number of ether oxygens (including phenoxy) is 2. The topological polar surface area (TPSA) is 78.3 Å². The summed E-state index contributed by atoms with van der Waals surface area (Å²) >= 11 is 4.80. The standard InChI is InChI=1S/C19H19BrN4O3S/c1-24-18(25)17(21-14-7-5-13(20)6-8-14)22-23-19(24)28-11-12-4-9-15(26-2)16(10-12)27-3/h4-10H,11H2,1-3H3,(H,21,22). The van der Waals surface area contributed by atoms with Gasteiger partial charge in [0, 0.05) is 23.0 Å². The maximum Gasteiger partial charge on any atom is 0.297 e. The maximum atomic E-state index is 12.6. The van der Waals surface area contributed by atoms with Crippen LogP contribution in [0.2, 0.25) is 0 Å². The molecule has 3 aromatic rings. The van der Waals surface area contributed by atoms with Crippen LogP contribution in [0.3, 0.4) is 0 Å². The molecule has 7 nitrogen and oxygen atoms in total. The van der Waals surface area contributed by atoms with Gasteiger partial charge in [0.25, 0.3) is 5.56 Å². The van der Waals surface area contributed by atoms with Crippen LogP contribution in [0, 0.1) is 0 Å². The summed E-state index contributed by atoms with van der Waals surface area (Å²) in [6.07, 6.45) is 0. The first-order valence-electron chi connectivity index (χ1n) is 8.32. The molecule has 2 aromatic carbocycles. The first-order valence-corrected chi connectivity index (χ1v) is 10.1. The highest BCUT2D eigenvalue weighted by Gasteiger charge is 2.11. The summed E-state index contributed by atoms with van der Waals surface area (Å²) in [5, 5.41) is 11.8. The van der Waals surface area contributed by atoms with Crippen molar-refractivity contribution in [2.75, 3.05) is 19.5 Å². The van der Waals surface area contributed by atoms with E-state index in [9.17, 15) is 4.79 Å². The van der Waals surface area contributed by atoms with Crippen molar-refractivity contribution >= 4 is 39.2 Å². The zero-order valence-corrected chi connectivity index (χ0v) is 18.0. The van der Waals surface area contributed by atoms with Crippen LogP contribution in [-0.4, -0.2) is 29.0 Å². The summed E-state index contributed by atoms with van der Waals surface area (Å²) in [4.78, 5) is 12.6. The Hall–Kier alpha value is -2.52. The van der Waals surface area contributed by atoms with Gasteiger partial charge in [-0.2, -0.15) is 0 Å². The molecule has 0 saturated heterocycles. The van der Waals surface area contributed by atoms with E-state index in [0.29, 0.717) is 22.4 Å². The lowest BCUT2D eigenvalue weighted by molar-refractivity contribution is 0.354. The fourth-order valence-electron chi connectivity index (χ4n) is 2.44. The number of halogens is 1. The molecule has 0 spiro atoms. The molecule has 0 saturated carbocycles. The second-order valence-electron chi connectivity index (χ2n) is 5.81. The molecule has 1 aromatic heterocycles. The third-order valence-corrected chi connectivity index (χ3v) is 5.57. The van der Waals surface area contributed by atoms with Gasteiger partial charge in [0.1, 0.15) is 0 Å². The van der Waals surface area contributed by atoms with E-state index in [0.717, 1.165) is 15.7 Å². The predicted molar refractivity (Wildman–Crippen MR) is 114 cm³/mol. The summed E-state index contributed by atoms with van der Waals surface area (Å²) in [6, 6.07) is 13.2. The zero-order chi connectivity index (χ0) is 20.1. The summed E-state index contributed by atoms with van der Waals surface area (Å²) < 4.78 is 13.0. The van der Waals surface area contributed by atoms with Gasteiger partial charge in [-0.15, -0.1) is 10.2 Å². The summed E-state index contributed by atoms with van der Waals surface area (Å²) in [5.41, 5.74) is 1.54. The average molecular weight is 463 g/mol. The fourth-order valence-corrected chi connectivity index (χ4v) is 3.56. The Morgan fingerprint density at radius 3 is 2.46 bits per heavy atom. The molecular weight excluding hydrogens is 444 g/mol. The molecule has 3 rings (SSSR count). The molecule has 1 heterocycles. The second kappa shape index (κ2) is 9.11. The monoisotopic (exact) mass is 462 g/mol. The van der Waals surface area contributed by atoms with Crippen molar-refractivity contribution in [1.29, 1.82) is 0 Å². The number of methoxy groups -OCH3 is 2. The minimum Gasteiger partial charge on any atom is -0.493 e. The van der Waals surface area contributed by atoms with Gasteiger partial charge in [0.05, 0.1) is 14.2 Å². The molecular formula is C19H19BrN4O3S. The molecule has 0 aliphatic heterocycles. The highest BCUT2D eigenvalue weighted by molar-refractivity contribution is 9.10. The number of hydrogen-bond donors (Lipinski definition) is 1. The van der Waals surface area contributed by atoms with E-state index in [-0.39, 0.29) is 11.4 Å². The lowest BCUT2D eigenvalue weighted by Crippen LogP contribution is -2.24. The van der Waals surface area contributed by atoms with E-state index >= 15 is 0 Å². The van der Waals surface area contributed by atoms with E-state index in [1.54, 1.807) is 21.3 Å². The Bertz CT molecular complexity index is 1020. The first kappa shape index (κ1) is 20.2. The van der Waals surface area contributed by atoms with E-state index in [2.05, 4.69) is 31.4 Å². The Balaban J connectivity index is 1.74. The molecule has 1 N–H and O–H groups in total. The number of rotatable bonds is 7. The molecule has 28 heavy (non-hydrogen) atoms. The van der Waals surface area contributed by atoms with Gasteiger partial charge in [-0.1, -0.05) is 33.8 Å². The average Bonchev–Trinajstić information content (AvgIpc) is 2.72. The molecule has 0 atom stereocenters. The van der Waals surface area contributed by atoms with Crippen molar-refractivity contribution in [1.82, 2.24) is 14.8 Å². The van der Waals surface area contributed by atoms with Crippen LogP contribution in [0.15, 0.2) is 56.9 Å². The highest BCUT2D eigenvalue weighted by atomic mass is 79.9. The molecule has 0 aliphatic rings. The van der Waals surface area contributed by atoms with Gasteiger partial charge in [-0.25, -0.2) is 0 Å². The van der Waals surface area contributed by atoms with Crippen LogP contribution in [0.25, 0.3) is 0 Å². The summed E-state index contributed by atoms with van der Waals surface area (Å²) in [5.74, 6) is 2.13. The van der Waals surface area contributed by atoms with Crippen molar-refractivity contribution in [3.8, 4) is 11.5 Å². The molecule has 0 unspecified atom stereocenters. The van der Waals surface area contributed by atoms with Crippen molar-refractivity contribution in [2.24, 2.45) is 7.05 Å². The number of thioether (sulfide) groups is 1. The van der Waals surface area contributed by atoms with Crippen molar-refractivity contribution in [3.05, 3.63) is 62.9 Å². The number of anilines is 2. The van der Waals surface area contributed by atoms with Crippen molar-refractivity contribution in [2.45, 2.75) is 10.9 Å². The van der Waals surface area contributed by atoms with Gasteiger partial charge in [0.15, 0.2) is 16.7 Å². The smallest absolute Gasteiger partial charge is 0.297 e. The van der Waals surface area contributed by atoms with E-state index in [1.807, 2.05) is 42.5 Å². The fraction of sp³-hybridized carbons (Fsp3) is 0.211. The summed E-state index contributed by atoms with van der Waals surface area (Å²) in [7, 11) is 4.88. The quantitative estimate of drug-likeness (QED) is 0.531. The van der Waals surface area contributed by atoms with Crippen LogP contribution < -0.4 is 20.3 Å². The molecule has 146 valence electrons. The molecule has 0 aliphatic carbocycles. The van der Waals surface area contributed by atoms with Crippen LogP contribution in [0.1, 0.15) is 5.56 Å². The van der Waals surface area contributed by atoms with E-state index < -0.39 is 0 Å². The number of nitrogens with one attached hydrogen (secondary N) is 1. The van der Waals surface area contributed by atoms with Gasteiger partial charge in [0.2, 0.25) is 5.82 Å². The Morgan fingerprint density at radius 1 is 1.07 bits per heavy atom. The summed E-state index contributed by atoms with van der Waals surface area (Å²) in [6.45, 7) is 0. The first-order chi connectivity index (χ1) is 13.5. The molecule has 0 fully saturated rings. The number of hydrogen-bond acceptors (Lipinski definition) is 7. The Morgan fingerprint density at radius 2 is 1.79 bits per heavy atom. The predicted octanol–water partition coefficient (Wildman–Crippen LogP) is 3.99. The number of aromatic nitrogens is 3. The van der Waals surface area contributed by atoms with E-state index in [4.69, 9.17) is 9.47 Å². The van der Waals surface area contributed by atoms with Crippen molar-refractivity contribution in [3.63, 3.8) is 0 Å². The van der Waals surface area contributed by atoms with Crippen molar-refractivity contribution < 1.29 is 9.47 Å². The largest absolute Gasteiger partial charge is 0.493 e. The second-order valence-corrected chi connectivity index (χ2v) is 7.66. The lowest BCUT2D eigenvalue weighted by Gasteiger charge is -2.11. The molecule has 0 radical (unpaired) electrons. The lowest BCUT2D eigenvalue weighted by atomic mass is 10.2. The molecule has 0 amide bonds. The number of benzene rings is 2. The Labute approximate surface area is 175 Å². The molecule has 9 heteroatoms. The maximum absolute atomic E-state index is 12.6. The van der Waals surface area contributed by atoms with Crippen LogP contribution >= 0.6 is 27.7 Å². The van der Waals surface area contributed by atoms with Gasteiger partial charge < -0.3 is 14.8 Å². The van der Waals surface area contributed by atoms with Crippen LogP contribution in [0.5, 0.6) is 11.5 Å². The minimum absolute atomic E-state index is 0.181. The molecule has 0 bridgehead atoms. The third kappa shape index (κ3) is 4.66.